The molecule has 6 nitrogen and oxygen atoms in total. The summed E-state index contributed by atoms with van der Waals surface area (Å²) in [6, 6.07) is 7.85. The third kappa shape index (κ3) is 4.46. The second-order valence-electron chi connectivity index (χ2n) is 4.93. The summed E-state index contributed by atoms with van der Waals surface area (Å²) in [5, 5.41) is 0.694. The smallest absolute Gasteiger partial charge is 0.323 e. The topological polar surface area (TPSA) is 77.2 Å². The molecule has 2 rings (SSSR count). The summed E-state index contributed by atoms with van der Waals surface area (Å²) >= 11 is 5.98. The predicted octanol–water partition coefficient (Wildman–Crippen LogP) is 2.53. The predicted molar refractivity (Wildman–Crippen MR) is 83.6 cm³/mol. The molecule has 1 aromatic carbocycles. The molecule has 0 radical (unpaired) electrons. The van der Waals surface area contributed by atoms with Crippen molar-refractivity contribution in [3.63, 3.8) is 0 Å². The van der Waals surface area contributed by atoms with Crippen LogP contribution < -0.4 is 15.4 Å². The molecule has 21 heavy (non-hydrogen) atoms. The van der Waals surface area contributed by atoms with Gasteiger partial charge in [-0.15, -0.1) is 0 Å². The molecule has 0 saturated heterocycles. The molecule has 0 saturated carbocycles. The van der Waals surface area contributed by atoms with E-state index < -0.39 is 0 Å². The minimum Gasteiger partial charge on any atom is -0.461 e. The second-order valence-corrected chi connectivity index (χ2v) is 5.37. The zero-order valence-electron chi connectivity index (χ0n) is 12.2. The van der Waals surface area contributed by atoms with E-state index in [9.17, 15) is 0 Å². The van der Waals surface area contributed by atoms with Gasteiger partial charge in [0.1, 0.15) is 0 Å². The van der Waals surface area contributed by atoms with Gasteiger partial charge in [-0.05, 0) is 31.5 Å². The van der Waals surface area contributed by atoms with E-state index in [1.807, 2.05) is 50.1 Å². The van der Waals surface area contributed by atoms with Crippen LogP contribution in [0, 0.1) is 0 Å². The van der Waals surface area contributed by atoms with Gasteiger partial charge in [-0.1, -0.05) is 23.7 Å². The molecule has 2 aromatic rings. The molecule has 0 unspecified atom stereocenters. The van der Waals surface area contributed by atoms with E-state index in [0.717, 1.165) is 5.56 Å². The summed E-state index contributed by atoms with van der Waals surface area (Å²) in [5.74, 6) is 0.590. The van der Waals surface area contributed by atoms with E-state index in [-0.39, 0.29) is 18.1 Å². The van der Waals surface area contributed by atoms with Gasteiger partial charge in [0.2, 0.25) is 11.9 Å². The van der Waals surface area contributed by atoms with Gasteiger partial charge in [0.15, 0.2) is 0 Å². The number of ether oxygens (including phenoxy) is 1. The number of nitrogens with two attached hydrogens (primary N) is 1. The normalized spacial score (nSPS) is 10.7. The number of halogens is 1. The highest BCUT2D eigenvalue weighted by atomic mass is 35.5. The van der Waals surface area contributed by atoms with Crippen LogP contribution in [0.3, 0.4) is 0 Å². The van der Waals surface area contributed by atoms with E-state index >= 15 is 0 Å². The molecule has 0 bridgehead atoms. The zero-order chi connectivity index (χ0) is 15.4. The lowest BCUT2D eigenvalue weighted by atomic mass is 10.2. The minimum absolute atomic E-state index is 0.0297. The number of benzene rings is 1. The summed E-state index contributed by atoms with van der Waals surface area (Å²) in [6.07, 6.45) is -0.0297. The quantitative estimate of drug-likeness (QED) is 0.914. The molecule has 1 aromatic heterocycles. The van der Waals surface area contributed by atoms with Crippen molar-refractivity contribution in [1.82, 2.24) is 15.0 Å². The van der Waals surface area contributed by atoms with Crippen LogP contribution in [0.5, 0.6) is 6.01 Å². The first-order chi connectivity index (χ1) is 9.94. The molecule has 0 aliphatic rings. The first-order valence-corrected chi connectivity index (χ1v) is 6.95. The number of nitrogens with zero attached hydrogens (tertiary/aromatic N) is 4. The first kappa shape index (κ1) is 15.3. The fourth-order valence-electron chi connectivity index (χ4n) is 1.78. The summed E-state index contributed by atoms with van der Waals surface area (Å²) in [4.78, 5) is 14.2. The van der Waals surface area contributed by atoms with Gasteiger partial charge in [-0.25, -0.2) is 0 Å². The highest BCUT2D eigenvalue weighted by Crippen LogP contribution is 2.17. The molecule has 7 heteroatoms. The van der Waals surface area contributed by atoms with Gasteiger partial charge in [-0.2, -0.15) is 15.0 Å². The largest absolute Gasteiger partial charge is 0.461 e. The lowest BCUT2D eigenvalue weighted by Gasteiger charge is -2.18. The Morgan fingerprint density at radius 3 is 2.71 bits per heavy atom. The fraction of sp³-hybridized carbons (Fsp3) is 0.357. The van der Waals surface area contributed by atoms with Crippen LogP contribution in [0.15, 0.2) is 24.3 Å². The van der Waals surface area contributed by atoms with Crippen molar-refractivity contribution >= 4 is 23.5 Å². The summed E-state index contributed by atoms with van der Waals surface area (Å²) in [6.45, 7) is 4.40. The number of aromatic nitrogens is 3. The van der Waals surface area contributed by atoms with Crippen molar-refractivity contribution in [2.45, 2.75) is 26.5 Å². The zero-order valence-corrected chi connectivity index (χ0v) is 13.0. The van der Waals surface area contributed by atoms with Gasteiger partial charge >= 0.3 is 6.01 Å². The second kappa shape index (κ2) is 6.58. The Balaban J connectivity index is 2.18. The Morgan fingerprint density at radius 2 is 2.05 bits per heavy atom. The van der Waals surface area contributed by atoms with E-state index in [2.05, 4.69) is 15.0 Å². The summed E-state index contributed by atoms with van der Waals surface area (Å²) in [7, 11) is 1.87. The van der Waals surface area contributed by atoms with Gasteiger partial charge in [-0.3, -0.25) is 0 Å². The maximum absolute atomic E-state index is 5.98. The van der Waals surface area contributed by atoms with Crippen LogP contribution in [-0.4, -0.2) is 28.1 Å². The summed E-state index contributed by atoms with van der Waals surface area (Å²) < 4.78 is 5.47. The monoisotopic (exact) mass is 307 g/mol. The van der Waals surface area contributed by atoms with Crippen LogP contribution in [0.2, 0.25) is 5.02 Å². The Morgan fingerprint density at radius 1 is 1.29 bits per heavy atom. The minimum atomic E-state index is -0.0297. The fourth-order valence-corrected chi connectivity index (χ4v) is 1.99. The number of nitrogen functional groups attached to an aromatic ring is 1. The molecule has 2 N–H and O–H groups in total. The van der Waals surface area contributed by atoms with Crippen molar-refractivity contribution in [2.75, 3.05) is 17.7 Å². The number of rotatable bonds is 5. The van der Waals surface area contributed by atoms with E-state index in [1.54, 1.807) is 0 Å². The molecule has 0 amide bonds. The number of hydrogen-bond acceptors (Lipinski definition) is 6. The molecule has 1 heterocycles. The van der Waals surface area contributed by atoms with Crippen LogP contribution in [0.4, 0.5) is 11.9 Å². The Bertz CT molecular complexity index is 620. The Labute approximate surface area is 128 Å². The number of anilines is 2. The molecule has 0 spiro atoms. The van der Waals surface area contributed by atoms with Crippen molar-refractivity contribution in [1.29, 1.82) is 0 Å². The van der Waals surface area contributed by atoms with Crippen LogP contribution in [0.25, 0.3) is 0 Å². The highest BCUT2D eigenvalue weighted by molar-refractivity contribution is 6.30. The third-order valence-corrected chi connectivity index (χ3v) is 2.85. The molecular formula is C14H18ClN5O. The SMILES string of the molecule is CC(C)Oc1nc(N)nc(N(C)Cc2cccc(Cl)c2)n1. The van der Waals surface area contributed by atoms with Gasteiger partial charge < -0.3 is 15.4 Å². The van der Waals surface area contributed by atoms with Crippen LogP contribution in [-0.2, 0) is 6.54 Å². The third-order valence-electron chi connectivity index (χ3n) is 2.61. The van der Waals surface area contributed by atoms with Gasteiger partial charge in [0.25, 0.3) is 0 Å². The average molecular weight is 308 g/mol. The highest BCUT2D eigenvalue weighted by Gasteiger charge is 2.11. The van der Waals surface area contributed by atoms with E-state index in [4.69, 9.17) is 22.1 Å². The standard InChI is InChI=1S/C14H18ClN5O/c1-9(2)21-14-18-12(16)17-13(19-14)20(3)8-10-5-4-6-11(15)7-10/h4-7,9H,8H2,1-3H3,(H2,16,17,18,19). The van der Waals surface area contributed by atoms with Gasteiger partial charge in [0.05, 0.1) is 6.10 Å². The Hall–Kier alpha value is -2.08. The first-order valence-electron chi connectivity index (χ1n) is 6.58. The van der Waals surface area contributed by atoms with Gasteiger partial charge in [0, 0.05) is 18.6 Å². The lowest BCUT2D eigenvalue weighted by Crippen LogP contribution is -2.21. The van der Waals surface area contributed by atoms with Crippen molar-refractivity contribution in [3.05, 3.63) is 34.9 Å². The van der Waals surface area contributed by atoms with Crippen molar-refractivity contribution in [2.24, 2.45) is 0 Å². The van der Waals surface area contributed by atoms with Crippen molar-refractivity contribution in [3.8, 4) is 6.01 Å². The Kier molecular flexibility index (Phi) is 4.80. The average Bonchev–Trinajstić information content (AvgIpc) is 2.37. The van der Waals surface area contributed by atoms with Crippen LogP contribution >= 0.6 is 11.6 Å². The lowest BCUT2D eigenvalue weighted by molar-refractivity contribution is 0.222. The molecule has 0 fully saturated rings. The molecule has 0 aliphatic carbocycles. The van der Waals surface area contributed by atoms with E-state index in [1.165, 1.54) is 0 Å². The maximum atomic E-state index is 5.98. The molecular weight excluding hydrogens is 290 g/mol. The molecule has 0 atom stereocenters. The van der Waals surface area contributed by atoms with Crippen molar-refractivity contribution < 1.29 is 4.74 Å². The summed E-state index contributed by atoms with van der Waals surface area (Å²) in [5.41, 5.74) is 6.75. The van der Waals surface area contributed by atoms with E-state index in [0.29, 0.717) is 17.5 Å². The van der Waals surface area contributed by atoms with Crippen LogP contribution in [0.1, 0.15) is 19.4 Å². The number of hydrogen-bond donors (Lipinski definition) is 1. The molecule has 0 aliphatic heterocycles. The maximum Gasteiger partial charge on any atom is 0.323 e. The molecule has 112 valence electrons.